The summed E-state index contributed by atoms with van der Waals surface area (Å²) in [5.41, 5.74) is 0. The second-order valence-electron chi connectivity index (χ2n) is 11.3. The van der Waals surface area contributed by atoms with Gasteiger partial charge in [-0.2, -0.15) is 0 Å². The summed E-state index contributed by atoms with van der Waals surface area (Å²) in [4.78, 5) is 0. The molecule has 1 heterocycles. The van der Waals surface area contributed by atoms with Crippen LogP contribution in [0.3, 0.4) is 0 Å². The molecule has 1 aliphatic heterocycles. The van der Waals surface area contributed by atoms with E-state index in [1.807, 2.05) is 10.4 Å². The molecular weight excluding hydrogens is 296 g/mol. The molecule has 129 valence electrons. The molecule has 0 aromatic carbocycles. The molecule has 0 aromatic rings. The maximum atomic E-state index is 2.61. The summed E-state index contributed by atoms with van der Waals surface area (Å²) in [6.07, 6.45) is 0. The van der Waals surface area contributed by atoms with Gasteiger partial charge in [-0.15, -0.1) is 0 Å². The van der Waals surface area contributed by atoms with Crippen LogP contribution in [0.15, 0.2) is 10.4 Å². The molecule has 0 aliphatic carbocycles. The Bertz CT molecular complexity index is 447. The van der Waals surface area contributed by atoms with Crippen molar-refractivity contribution in [3.8, 4) is 0 Å². The van der Waals surface area contributed by atoms with Crippen molar-refractivity contribution in [3.63, 3.8) is 0 Å². The molecule has 0 N–H and O–H groups in total. The SMILES string of the molecule is CC1=C(C)[Si](C(C)(C)C)(C(C)(C)C)C(C)(C)C[Si]1C(C)(C)C. The standard InChI is InChI=1S/C20H41Si2/c1-15-16(2)22(18(6,7)8,19(9,10)11)20(12,13)14-21(15)17(3,4)5/h14H2,1-13H3. The average molecular weight is 338 g/mol. The first-order valence-corrected chi connectivity index (χ1v) is 12.7. The second kappa shape index (κ2) is 5.34. The van der Waals surface area contributed by atoms with Gasteiger partial charge in [0, 0.05) is 0 Å². The van der Waals surface area contributed by atoms with E-state index in [1.165, 1.54) is 6.04 Å². The fourth-order valence-electron chi connectivity index (χ4n) is 6.83. The van der Waals surface area contributed by atoms with Gasteiger partial charge in [-0.25, -0.2) is 0 Å². The van der Waals surface area contributed by atoms with Gasteiger partial charge >= 0.3 is 0 Å². The van der Waals surface area contributed by atoms with Crippen molar-refractivity contribution in [2.45, 2.75) is 116 Å². The van der Waals surface area contributed by atoms with Gasteiger partial charge in [0.1, 0.15) is 0 Å². The lowest BCUT2D eigenvalue weighted by atomic mass is 10.2. The molecule has 1 aliphatic rings. The Morgan fingerprint density at radius 1 is 0.818 bits per heavy atom. The van der Waals surface area contributed by atoms with Gasteiger partial charge in [0.2, 0.25) is 0 Å². The zero-order chi connectivity index (χ0) is 17.9. The lowest BCUT2D eigenvalue weighted by Crippen LogP contribution is -2.64. The van der Waals surface area contributed by atoms with Crippen LogP contribution in [-0.2, 0) is 0 Å². The molecule has 1 rings (SSSR count). The summed E-state index contributed by atoms with van der Waals surface area (Å²) in [6.45, 7) is 32.8. The van der Waals surface area contributed by atoms with Crippen molar-refractivity contribution in [1.82, 2.24) is 0 Å². The average Bonchev–Trinajstić information content (AvgIpc) is 2.17. The summed E-state index contributed by atoms with van der Waals surface area (Å²) >= 11 is 0. The minimum atomic E-state index is -1.70. The van der Waals surface area contributed by atoms with Crippen LogP contribution in [0.5, 0.6) is 0 Å². The van der Waals surface area contributed by atoms with Crippen LogP contribution in [-0.4, -0.2) is 16.9 Å². The first-order chi connectivity index (χ1) is 9.41. The van der Waals surface area contributed by atoms with Gasteiger partial charge in [0.05, 0.1) is 16.9 Å². The fraction of sp³-hybridized carbons (Fsp3) is 0.900. The maximum absolute atomic E-state index is 2.61. The molecular formula is C20H41Si2. The highest BCUT2D eigenvalue weighted by Gasteiger charge is 2.65. The van der Waals surface area contributed by atoms with E-state index in [4.69, 9.17) is 0 Å². The van der Waals surface area contributed by atoms with E-state index in [0.717, 1.165) is 0 Å². The molecule has 0 fully saturated rings. The zero-order valence-corrected chi connectivity index (χ0v) is 19.7. The lowest BCUT2D eigenvalue weighted by molar-refractivity contribution is 0.529. The molecule has 0 aromatic heterocycles. The largest absolute Gasteiger partial charge is 0.0964 e. The normalized spacial score (nSPS) is 23.9. The fourth-order valence-corrected chi connectivity index (χ4v) is 22.8. The summed E-state index contributed by atoms with van der Waals surface area (Å²) in [5, 5.41) is 5.37. The number of hydrogen-bond donors (Lipinski definition) is 0. The minimum absolute atomic E-state index is 0.394. The van der Waals surface area contributed by atoms with Gasteiger partial charge < -0.3 is 0 Å². The highest BCUT2D eigenvalue weighted by atomic mass is 28.3. The third kappa shape index (κ3) is 2.72. The lowest BCUT2D eigenvalue weighted by Gasteiger charge is -2.65. The smallest absolute Gasteiger partial charge is 0.0897 e. The Labute approximate surface area is 143 Å². The molecule has 0 atom stereocenters. The third-order valence-corrected chi connectivity index (χ3v) is 19.5. The van der Waals surface area contributed by atoms with E-state index < -0.39 is 16.9 Å². The summed E-state index contributed by atoms with van der Waals surface area (Å²) < 4.78 is 0. The van der Waals surface area contributed by atoms with E-state index >= 15 is 0 Å². The van der Waals surface area contributed by atoms with Gasteiger partial charge in [-0.3, -0.25) is 0 Å². The van der Waals surface area contributed by atoms with Gasteiger partial charge in [-0.1, -0.05) is 92.6 Å². The molecule has 22 heavy (non-hydrogen) atoms. The monoisotopic (exact) mass is 337 g/mol. The van der Waals surface area contributed by atoms with Crippen LogP contribution < -0.4 is 0 Å². The van der Waals surface area contributed by atoms with E-state index in [0.29, 0.717) is 20.2 Å². The Kier molecular flexibility index (Phi) is 4.91. The van der Waals surface area contributed by atoms with E-state index in [1.54, 1.807) is 0 Å². The Balaban J connectivity index is 3.83. The Morgan fingerprint density at radius 2 is 1.18 bits per heavy atom. The van der Waals surface area contributed by atoms with E-state index in [9.17, 15) is 0 Å². The highest BCUT2D eigenvalue weighted by molar-refractivity contribution is 6.97. The Hall–Kier alpha value is 0.174. The molecule has 0 bridgehead atoms. The highest BCUT2D eigenvalue weighted by Crippen LogP contribution is 2.70. The van der Waals surface area contributed by atoms with Crippen LogP contribution in [0.2, 0.25) is 26.2 Å². The Morgan fingerprint density at radius 3 is 1.45 bits per heavy atom. The van der Waals surface area contributed by atoms with E-state index in [-0.39, 0.29) is 0 Å². The molecule has 0 unspecified atom stereocenters. The molecule has 0 saturated heterocycles. The molecule has 1 radical (unpaired) electrons. The summed E-state index contributed by atoms with van der Waals surface area (Å²) in [7, 11) is -2.17. The van der Waals surface area contributed by atoms with Crippen LogP contribution >= 0.6 is 0 Å². The maximum Gasteiger partial charge on any atom is 0.0964 e. The van der Waals surface area contributed by atoms with Crippen LogP contribution in [0, 0.1) is 0 Å². The first-order valence-electron chi connectivity index (χ1n) is 8.96. The van der Waals surface area contributed by atoms with Crippen molar-refractivity contribution >= 4 is 16.9 Å². The molecule has 0 saturated carbocycles. The summed E-state index contributed by atoms with van der Waals surface area (Å²) in [6, 6.07) is 1.45. The number of allylic oxidation sites excluding steroid dienone is 2. The van der Waals surface area contributed by atoms with E-state index in [2.05, 4.69) is 90.0 Å². The van der Waals surface area contributed by atoms with Crippen molar-refractivity contribution in [2.24, 2.45) is 0 Å². The van der Waals surface area contributed by atoms with Gasteiger partial charge in [-0.05, 0) is 34.0 Å². The van der Waals surface area contributed by atoms with Crippen molar-refractivity contribution in [2.75, 3.05) is 0 Å². The second-order valence-corrected chi connectivity index (χ2v) is 21.5. The molecule has 2 heteroatoms. The topological polar surface area (TPSA) is 0 Å². The predicted octanol–water partition coefficient (Wildman–Crippen LogP) is 7.54. The molecule has 0 spiro atoms. The quantitative estimate of drug-likeness (QED) is 0.400. The van der Waals surface area contributed by atoms with Gasteiger partial charge in [0.15, 0.2) is 0 Å². The van der Waals surface area contributed by atoms with Crippen LogP contribution in [0.1, 0.15) is 90.0 Å². The predicted molar refractivity (Wildman–Crippen MR) is 108 cm³/mol. The zero-order valence-electron chi connectivity index (χ0n) is 17.7. The van der Waals surface area contributed by atoms with Crippen LogP contribution in [0.25, 0.3) is 0 Å². The first kappa shape index (κ1) is 20.2. The number of rotatable bonds is 0. The molecule has 0 amide bonds. The minimum Gasteiger partial charge on any atom is -0.0897 e. The van der Waals surface area contributed by atoms with Crippen LogP contribution in [0.4, 0.5) is 0 Å². The molecule has 0 nitrogen and oxygen atoms in total. The number of hydrogen-bond acceptors (Lipinski definition) is 0. The van der Waals surface area contributed by atoms with Crippen molar-refractivity contribution < 1.29 is 0 Å². The van der Waals surface area contributed by atoms with Crippen molar-refractivity contribution in [3.05, 3.63) is 10.4 Å². The summed E-state index contributed by atoms with van der Waals surface area (Å²) in [5.74, 6) is 0. The third-order valence-electron chi connectivity index (χ3n) is 6.37. The van der Waals surface area contributed by atoms with Crippen molar-refractivity contribution in [1.29, 1.82) is 0 Å². The van der Waals surface area contributed by atoms with Gasteiger partial charge in [0.25, 0.3) is 0 Å².